The zero-order valence-corrected chi connectivity index (χ0v) is 12.3. The molecule has 1 heterocycles. The molecule has 0 saturated carbocycles. The lowest BCUT2D eigenvalue weighted by Crippen LogP contribution is -2.25. The largest absolute Gasteiger partial charge is 0.330 e. The average molecular weight is 260 g/mol. The third-order valence-electron chi connectivity index (χ3n) is 4.44. The van der Waals surface area contributed by atoms with Gasteiger partial charge >= 0.3 is 0 Å². The van der Waals surface area contributed by atoms with Crippen LogP contribution in [0.3, 0.4) is 0 Å². The van der Waals surface area contributed by atoms with Crippen molar-refractivity contribution in [3.05, 3.63) is 35.4 Å². The van der Waals surface area contributed by atoms with E-state index < -0.39 is 0 Å². The Hall–Kier alpha value is -0.860. The smallest absolute Gasteiger partial charge is 0.0236 e. The molecule has 106 valence electrons. The Morgan fingerprint density at radius 2 is 1.95 bits per heavy atom. The summed E-state index contributed by atoms with van der Waals surface area (Å²) in [5.41, 5.74) is 8.62. The maximum absolute atomic E-state index is 5.71. The first-order valence-electron chi connectivity index (χ1n) is 7.82. The molecule has 0 amide bonds. The summed E-state index contributed by atoms with van der Waals surface area (Å²) in [5, 5.41) is 0. The van der Waals surface area contributed by atoms with Crippen LogP contribution in [-0.4, -0.2) is 24.5 Å². The predicted molar refractivity (Wildman–Crippen MR) is 82.1 cm³/mol. The van der Waals surface area contributed by atoms with E-state index >= 15 is 0 Å². The summed E-state index contributed by atoms with van der Waals surface area (Å²) in [6, 6.07) is 8.79. The molecule has 0 radical (unpaired) electrons. The number of nitrogens with zero attached hydrogens (tertiary/aromatic N) is 1. The summed E-state index contributed by atoms with van der Waals surface area (Å²) in [5.74, 6) is 0.948. The molecule has 0 bridgehead atoms. The number of rotatable bonds is 5. The van der Waals surface area contributed by atoms with Crippen LogP contribution in [0.5, 0.6) is 0 Å². The third-order valence-corrected chi connectivity index (χ3v) is 4.44. The van der Waals surface area contributed by atoms with Crippen molar-refractivity contribution in [2.45, 2.75) is 45.6 Å². The number of benzene rings is 1. The van der Waals surface area contributed by atoms with Crippen molar-refractivity contribution in [1.82, 2.24) is 4.90 Å². The molecule has 2 heteroatoms. The fraction of sp³-hybridized carbons (Fsp3) is 0.647. The van der Waals surface area contributed by atoms with Gasteiger partial charge < -0.3 is 5.73 Å². The molecular weight excluding hydrogens is 232 g/mol. The third kappa shape index (κ3) is 4.32. The Kier molecular flexibility index (Phi) is 5.87. The van der Waals surface area contributed by atoms with E-state index in [1.165, 1.54) is 49.9 Å². The van der Waals surface area contributed by atoms with Crippen LogP contribution in [0, 0.1) is 5.92 Å². The Labute approximate surface area is 118 Å². The maximum atomic E-state index is 5.71. The molecule has 1 atom stereocenters. The van der Waals surface area contributed by atoms with Crippen LogP contribution in [0.4, 0.5) is 0 Å². The minimum atomic E-state index is 0.745. The predicted octanol–water partition coefficient (Wildman–Crippen LogP) is 3.20. The Morgan fingerprint density at radius 1 is 1.16 bits per heavy atom. The van der Waals surface area contributed by atoms with Gasteiger partial charge in [-0.05, 0) is 62.4 Å². The molecule has 19 heavy (non-hydrogen) atoms. The second kappa shape index (κ2) is 7.66. The molecule has 2 N–H and O–H groups in total. The average Bonchev–Trinajstić information content (AvgIpc) is 2.66. The van der Waals surface area contributed by atoms with Crippen molar-refractivity contribution < 1.29 is 0 Å². The van der Waals surface area contributed by atoms with Gasteiger partial charge in [0.2, 0.25) is 0 Å². The van der Waals surface area contributed by atoms with Gasteiger partial charge in [-0.25, -0.2) is 0 Å². The Morgan fingerprint density at radius 3 is 2.68 bits per heavy atom. The number of hydrogen-bond donors (Lipinski definition) is 1. The molecule has 0 spiro atoms. The first-order chi connectivity index (χ1) is 9.33. The Bertz CT molecular complexity index is 375. The first-order valence-corrected chi connectivity index (χ1v) is 7.82. The van der Waals surface area contributed by atoms with Crippen LogP contribution < -0.4 is 5.73 Å². The van der Waals surface area contributed by atoms with Crippen LogP contribution in [0.25, 0.3) is 0 Å². The summed E-state index contributed by atoms with van der Waals surface area (Å²) in [6.07, 6.45) is 6.49. The van der Waals surface area contributed by atoms with Gasteiger partial charge in [0.25, 0.3) is 0 Å². The van der Waals surface area contributed by atoms with Crippen molar-refractivity contribution in [3.8, 4) is 0 Å². The molecule has 1 fully saturated rings. The molecule has 1 aliphatic heterocycles. The number of hydrogen-bond acceptors (Lipinski definition) is 2. The summed E-state index contributed by atoms with van der Waals surface area (Å²) in [6.45, 7) is 6.70. The van der Waals surface area contributed by atoms with Crippen molar-refractivity contribution >= 4 is 0 Å². The van der Waals surface area contributed by atoms with Crippen LogP contribution in [0.15, 0.2) is 24.3 Å². The molecule has 1 unspecified atom stereocenters. The van der Waals surface area contributed by atoms with E-state index in [1.807, 2.05) is 0 Å². The minimum absolute atomic E-state index is 0.745. The van der Waals surface area contributed by atoms with Gasteiger partial charge in [0.1, 0.15) is 0 Å². The van der Waals surface area contributed by atoms with E-state index in [0.717, 1.165) is 25.4 Å². The normalized spacial score (nSPS) is 21.3. The zero-order valence-electron chi connectivity index (χ0n) is 12.3. The summed E-state index contributed by atoms with van der Waals surface area (Å²) < 4.78 is 0. The standard InChI is InChI=1S/C17H28N2/c1-2-15-6-5-12-19(13-10-15)14-17-8-4-3-7-16(17)9-11-18/h3-4,7-8,15H,2,5-6,9-14,18H2,1H3. The van der Waals surface area contributed by atoms with E-state index in [9.17, 15) is 0 Å². The molecule has 2 rings (SSSR count). The van der Waals surface area contributed by atoms with Crippen LogP contribution in [0.1, 0.15) is 43.7 Å². The lowest BCUT2D eigenvalue weighted by atomic mass is 9.98. The molecule has 1 saturated heterocycles. The highest BCUT2D eigenvalue weighted by molar-refractivity contribution is 5.27. The van der Waals surface area contributed by atoms with E-state index in [1.54, 1.807) is 0 Å². The van der Waals surface area contributed by atoms with Gasteiger partial charge in [-0.2, -0.15) is 0 Å². The Balaban J connectivity index is 1.96. The fourth-order valence-electron chi connectivity index (χ4n) is 3.14. The topological polar surface area (TPSA) is 29.3 Å². The van der Waals surface area contributed by atoms with Gasteiger partial charge in [0, 0.05) is 6.54 Å². The van der Waals surface area contributed by atoms with Gasteiger partial charge in [-0.1, -0.05) is 37.6 Å². The molecule has 0 aromatic heterocycles. The molecule has 1 aromatic rings. The van der Waals surface area contributed by atoms with Gasteiger partial charge in [-0.15, -0.1) is 0 Å². The van der Waals surface area contributed by atoms with Crippen LogP contribution in [0.2, 0.25) is 0 Å². The van der Waals surface area contributed by atoms with E-state index in [2.05, 4.69) is 36.1 Å². The van der Waals surface area contributed by atoms with Crippen molar-refractivity contribution in [3.63, 3.8) is 0 Å². The zero-order chi connectivity index (χ0) is 13.5. The fourth-order valence-corrected chi connectivity index (χ4v) is 3.14. The molecule has 1 aliphatic rings. The number of likely N-dealkylation sites (tertiary alicyclic amines) is 1. The lowest BCUT2D eigenvalue weighted by Gasteiger charge is -2.21. The van der Waals surface area contributed by atoms with Crippen LogP contribution in [-0.2, 0) is 13.0 Å². The highest BCUT2D eigenvalue weighted by Crippen LogP contribution is 2.22. The highest BCUT2D eigenvalue weighted by atomic mass is 15.1. The quantitative estimate of drug-likeness (QED) is 0.881. The monoisotopic (exact) mass is 260 g/mol. The summed E-state index contributed by atoms with van der Waals surface area (Å²) in [7, 11) is 0. The second-order valence-corrected chi connectivity index (χ2v) is 5.79. The van der Waals surface area contributed by atoms with Gasteiger partial charge in [0.15, 0.2) is 0 Å². The van der Waals surface area contributed by atoms with Crippen molar-refractivity contribution in [1.29, 1.82) is 0 Å². The first kappa shape index (κ1) is 14.5. The molecular formula is C17H28N2. The van der Waals surface area contributed by atoms with Crippen molar-refractivity contribution in [2.75, 3.05) is 19.6 Å². The van der Waals surface area contributed by atoms with Crippen LogP contribution >= 0.6 is 0 Å². The second-order valence-electron chi connectivity index (χ2n) is 5.79. The van der Waals surface area contributed by atoms with Gasteiger partial charge in [-0.3, -0.25) is 4.90 Å². The van der Waals surface area contributed by atoms with Gasteiger partial charge in [0.05, 0.1) is 0 Å². The van der Waals surface area contributed by atoms with E-state index in [-0.39, 0.29) is 0 Å². The summed E-state index contributed by atoms with van der Waals surface area (Å²) in [4.78, 5) is 2.63. The lowest BCUT2D eigenvalue weighted by molar-refractivity contribution is 0.271. The summed E-state index contributed by atoms with van der Waals surface area (Å²) >= 11 is 0. The highest BCUT2D eigenvalue weighted by Gasteiger charge is 2.16. The molecule has 1 aromatic carbocycles. The molecule has 0 aliphatic carbocycles. The van der Waals surface area contributed by atoms with E-state index in [4.69, 9.17) is 5.73 Å². The maximum Gasteiger partial charge on any atom is 0.0236 e. The SMILES string of the molecule is CCC1CCCN(Cc2ccccc2CCN)CC1. The molecule has 2 nitrogen and oxygen atoms in total. The van der Waals surface area contributed by atoms with Crippen molar-refractivity contribution in [2.24, 2.45) is 11.7 Å². The number of nitrogens with two attached hydrogens (primary N) is 1. The van der Waals surface area contributed by atoms with E-state index in [0.29, 0.717) is 0 Å². The minimum Gasteiger partial charge on any atom is -0.330 e.